The molecule has 4 rings (SSSR count). The van der Waals surface area contributed by atoms with Crippen LogP contribution in [0, 0.1) is 10.1 Å². The molecule has 25 heavy (non-hydrogen) atoms. The first-order valence-electron chi connectivity index (χ1n) is 7.78. The molecule has 1 aromatic carbocycles. The van der Waals surface area contributed by atoms with Gasteiger partial charge in [-0.25, -0.2) is 15.0 Å². The quantitative estimate of drug-likeness (QED) is 0.456. The average Bonchev–Trinajstić information content (AvgIpc) is 3.28. The number of nitrogens with one attached hydrogen (secondary N) is 1. The molecule has 0 fully saturated rings. The molecule has 0 radical (unpaired) electrons. The number of imidazole rings is 1. The van der Waals surface area contributed by atoms with E-state index >= 15 is 0 Å². The topological polar surface area (TPSA) is 103 Å². The zero-order valence-electron chi connectivity index (χ0n) is 13.4. The van der Waals surface area contributed by atoms with Crippen molar-refractivity contribution in [3.8, 4) is 17.1 Å². The van der Waals surface area contributed by atoms with Crippen molar-refractivity contribution in [2.24, 2.45) is 0 Å². The van der Waals surface area contributed by atoms with E-state index in [2.05, 4.69) is 19.9 Å². The van der Waals surface area contributed by atoms with E-state index in [4.69, 9.17) is 0 Å². The van der Waals surface area contributed by atoms with Crippen LogP contribution < -0.4 is 0 Å². The number of nitro groups is 1. The Balaban J connectivity index is 1.88. The number of aromatic nitrogens is 5. The Kier molecular flexibility index (Phi) is 3.50. The van der Waals surface area contributed by atoms with E-state index in [9.17, 15) is 10.1 Å². The maximum atomic E-state index is 11.0. The summed E-state index contributed by atoms with van der Waals surface area (Å²) in [6.45, 7) is 2.03. The van der Waals surface area contributed by atoms with Crippen LogP contribution in [0.2, 0.25) is 0 Å². The van der Waals surface area contributed by atoms with Gasteiger partial charge in [0.2, 0.25) is 0 Å². The van der Waals surface area contributed by atoms with Gasteiger partial charge in [0.25, 0.3) is 5.69 Å². The van der Waals surface area contributed by atoms with Gasteiger partial charge in [0, 0.05) is 42.2 Å². The van der Waals surface area contributed by atoms with E-state index in [1.807, 2.05) is 29.8 Å². The first-order valence-corrected chi connectivity index (χ1v) is 7.78. The van der Waals surface area contributed by atoms with Gasteiger partial charge >= 0.3 is 0 Å². The van der Waals surface area contributed by atoms with Gasteiger partial charge in [0.05, 0.1) is 10.3 Å². The number of fused-ring (bicyclic) bond motifs is 1. The molecule has 1 N–H and O–H groups in total. The Morgan fingerprint density at radius 2 is 2.12 bits per heavy atom. The molecule has 3 heterocycles. The molecule has 124 valence electrons. The van der Waals surface area contributed by atoms with E-state index in [0.717, 1.165) is 34.7 Å². The number of non-ortho nitro benzene ring substituents is 1. The van der Waals surface area contributed by atoms with Crippen LogP contribution in [0.4, 0.5) is 5.69 Å². The van der Waals surface area contributed by atoms with E-state index in [-0.39, 0.29) is 5.69 Å². The Labute approximate surface area is 142 Å². The second kappa shape index (κ2) is 5.82. The Morgan fingerprint density at radius 1 is 1.24 bits per heavy atom. The Hall–Kier alpha value is -3.55. The zero-order valence-corrected chi connectivity index (χ0v) is 13.4. The van der Waals surface area contributed by atoms with Crippen molar-refractivity contribution in [1.29, 1.82) is 0 Å². The third kappa shape index (κ3) is 2.53. The molecule has 0 saturated carbocycles. The van der Waals surface area contributed by atoms with Crippen molar-refractivity contribution >= 4 is 16.7 Å². The Bertz CT molecular complexity index is 1080. The maximum Gasteiger partial charge on any atom is 0.270 e. The number of hydrogen-bond donors (Lipinski definition) is 1. The molecule has 4 aromatic rings. The van der Waals surface area contributed by atoms with Crippen molar-refractivity contribution in [3.05, 3.63) is 65.0 Å². The lowest BCUT2D eigenvalue weighted by molar-refractivity contribution is -0.384. The van der Waals surface area contributed by atoms with Crippen molar-refractivity contribution in [3.63, 3.8) is 0 Å². The highest BCUT2D eigenvalue weighted by molar-refractivity contribution is 5.88. The minimum atomic E-state index is -0.406. The number of benzene rings is 1. The van der Waals surface area contributed by atoms with Gasteiger partial charge in [-0.05, 0) is 6.07 Å². The largest absolute Gasteiger partial charge is 0.339 e. The fourth-order valence-corrected chi connectivity index (χ4v) is 2.85. The fourth-order valence-electron chi connectivity index (χ4n) is 2.85. The molecule has 3 aromatic heterocycles. The van der Waals surface area contributed by atoms with E-state index in [1.165, 1.54) is 18.5 Å². The minimum Gasteiger partial charge on any atom is -0.339 e. The van der Waals surface area contributed by atoms with Gasteiger partial charge in [0.15, 0.2) is 5.82 Å². The smallest absolute Gasteiger partial charge is 0.270 e. The molecule has 0 aliphatic heterocycles. The lowest BCUT2D eigenvalue weighted by Gasteiger charge is -2.05. The molecule has 0 saturated heterocycles. The molecule has 0 atom stereocenters. The maximum absolute atomic E-state index is 11.0. The second-order valence-corrected chi connectivity index (χ2v) is 5.52. The first kappa shape index (κ1) is 15.0. The van der Waals surface area contributed by atoms with Crippen molar-refractivity contribution in [1.82, 2.24) is 24.5 Å². The van der Waals surface area contributed by atoms with Crippen LogP contribution in [-0.4, -0.2) is 29.4 Å². The summed E-state index contributed by atoms with van der Waals surface area (Å²) < 4.78 is 1.93. The summed E-state index contributed by atoms with van der Waals surface area (Å²) in [7, 11) is 0. The third-order valence-corrected chi connectivity index (χ3v) is 4.03. The zero-order chi connectivity index (χ0) is 17.4. The standard InChI is InChI=1S/C17H14N6O2/c1-2-15-18-6-7-22(15)17-13-9-14(21-16(13)19-10-20-17)11-4-3-5-12(8-11)23(24)25/h3-10H,2H2,1H3,(H,19,20,21). The fraction of sp³-hybridized carbons (Fsp3) is 0.118. The summed E-state index contributed by atoms with van der Waals surface area (Å²) in [5.74, 6) is 1.63. The van der Waals surface area contributed by atoms with Gasteiger partial charge in [0.1, 0.15) is 17.8 Å². The molecular formula is C17H14N6O2. The number of nitrogens with zero attached hydrogens (tertiary/aromatic N) is 5. The number of aromatic amines is 1. The molecule has 8 nitrogen and oxygen atoms in total. The SMILES string of the molecule is CCc1nccn1-c1ncnc2[nH]c(-c3cccc([N+](=O)[O-])c3)cc12. The van der Waals surface area contributed by atoms with Crippen LogP contribution >= 0.6 is 0 Å². The molecule has 0 bridgehead atoms. The lowest BCUT2D eigenvalue weighted by atomic mass is 10.1. The minimum absolute atomic E-state index is 0.0466. The van der Waals surface area contributed by atoms with Crippen LogP contribution in [0.3, 0.4) is 0 Å². The highest BCUT2D eigenvalue weighted by Gasteiger charge is 2.14. The van der Waals surface area contributed by atoms with Gasteiger partial charge in [-0.3, -0.25) is 14.7 Å². The van der Waals surface area contributed by atoms with Crippen LogP contribution in [0.25, 0.3) is 28.1 Å². The summed E-state index contributed by atoms with van der Waals surface area (Å²) in [5, 5.41) is 11.8. The lowest BCUT2D eigenvalue weighted by Crippen LogP contribution is -2.02. The van der Waals surface area contributed by atoms with Crippen molar-refractivity contribution < 1.29 is 4.92 Å². The van der Waals surface area contributed by atoms with Gasteiger partial charge < -0.3 is 4.98 Å². The van der Waals surface area contributed by atoms with Crippen molar-refractivity contribution in [2.45, 2.75) is 13.3 Å². The van der Waals surface area contributed by atoms with E-state index < -0.39 is 4.92 Å². The van der Waals surface area contributed by atoms with Crippen LogP contribution in [-0.2, 0) is 6.42 Å². The Morgan fingerprint density at radius 3 is 2.92 bits per heavy atom. The molecular weight excluding hydrogens is 320 g/mol. The highest BCUT2D eigenvalue weighted by atomic mass is 16.6. The summed E-state index contributed by atoms with van der Waals surface area (Å²) in [6.07, 6.45) is 5.87. The second-order valence-electron chi connectivity index (χ2n) is 5.52. The monoisotopic (exact) mass is 334 g/mol. The van der Waals surface area contributed by atoms with E-state index in [0.29, 0.717) is 5.65 Å². The third-order valence-electron chi connectivity index (χ3n) is 4.03. The van der Waals surface area contributed by atoms with Gasteiger partial charge in [-0.15, -0.1) is 0 Å². The predicted molar refractivity (Wildman–Crippen MR) is 92.5 cm³/mol. The highest BCUT2D eigenvalue weighted by Crippen LogP contribution is 2.28. The van der Waals surface area contributed by atoms with Crippen molar-refractivity contribution in [2.75, 3.05) is 0 Å². The molecule has 0 amide bonds. The number of H-pyrrole nitrogens is 1. The summed E-state index contributed by atoms with van der Waals surface area (Å²) in [6, 6.07) is 8.39. The molecule has 8 heteroatoms. The van der Waals surface area contributed by atoms with E-state index in [1.54, 1.807) is 12.3 Å². The first-order chi connectivity index (χ1) is 12.2. The average molecular weight is 334 g/mol. The van der Waals surface area contributed by atoms with Gasteiger partial charge in [-0.1, -0.05) is 19.1 Å². The molecule has 0 unspecified atom stereocenters. The van der Waals surface area contributed by atoms with Crippen LogP contribution in [0.5, 0.6) is 0 Å². The summed E-state index contributed by atoms with van der Waals surface area (Å²) in [5.41, 5.74) is 2.19. The summed E-state index contributed by atoms with van der Waals surface area (Å²) in [4.78, 5) is 26.8. The predicted octanol–water partition coefficient (Wildman–Crippen LogP) is 3.28. The number of hydrogen-bond acceptors (Lipinski definition) is 5. The van der Waals surface area contributed by atoms with Gasteiger partial charge in [-0.2, -0.15) is 0 Å². The normalized spacial score (nSPS) is 11.1. The van der Waals surface area contributed by atoms with Crippen LogP contribution in [0.1, 0.15) is 12.7 Å². The molecule has 0 spiro atoms. The number of rotatable bonds is 4. The van der Waals surface area contributed by atoms with Crippen LogP contribution in [0.15, 0.2) is 49.1 Å². The molecule has 0 aliphatic rings. The summed E-state index contributed by atoms with van der Waals surface area (Å²) >= 11 is 0. The number of aryl methyl sites for hydroxylation is 1. The number of nitro benzene ring substituents is 1. The molecule has 0 aliphatic carbocycles.